The molecule has 3 saturated heterocycles. The standard InChI is InChI=1S/C11H15BrN2O.C11H13BrN2.C11H17N3.C11H15N3.C6H11NO.C5H3Br2N.CH4.H2O4S/c1-14-7-5-11(15,6-8-14)9-3-2-4-10(12)13-9;3*1-14-7-5-9(6-8-14)10-3-2-4-11(12)13-10;1-7-4-2-6(8)3-5-7;6-4-2-1-3-5(7)8-4;;1-5(2,3)4/h2-4,15H,5-8H2,1H3;2-5H,6-8H2,1H3;2-4,9H,5-8H2,1H3,(H2,12,13);2-5H,6-8H2,1H3,(H2,12,13);2-5H2,1H3;1-3H;1H4;(H2,1,2,3,4). The van der Waals surface area contributed by atoms with E-state index < -0.39 is 16.0 Å². The van der Waals surface area contributed by atoms with E-state index in [-0.39, 0.29) is 7.43 Å². The molecule has 0 spiro atoms. The number of anilines is 2. The van der Waals surface area contributed by atoms with Crippen LogP contribution in [0.1, 0.15) is 87.5 Å². The van der Waals surface area contributed by atoms with Gasteiger partial charge in [0.2, 0.25) is 0 Å². The molecule has 0 aromatic carbocycles. The number of likely N-dealkylation sites (tertiary alicyclic amines) is 3. The molecule has 10 rings (SSSR count). The van der Waals surface area contributed by atoms with Crippen molar-refractivity contribution in [3.63, 3.8) is 0 Å². The number of rotatable bonds is 4. The fraction of sp³-hybridized carbons (Fsp3) is 0.464. The van der Waals surface area contributed by atoms with Gasteiger partial charge in [-0.1, -0.05) is 49.9 Å². The fourth-order valence-corrected chi connectivity index (χ4v) is 10.0. The van der Waals surface area contributed by atoms with Gasteiger partial charge in [-0.15, -0.1) is 0 Å². The molecule has 23 heteroatoms. The molecule has 0 unspecified atom stereocenters. The molecule has 0 saturated carbocycles. The quantitative estimate of drug-likeness (QED) is 0.0830. The summed E-state index contributed by atoms with van der Waals surface area (Å²) in [6, 6.07) is 29.2. The van der Waals surface area contributed by atoms with Crippen molar-refractivity contribution in [2.45, 2.75) is 70.3 Å². The van der Waals surface area contributed by atoms with Crippen LogP contribution in [0.15, 0.2) is 122 Å². The number of hydrogen-bond acceptors (Lipinski definition) is 16. The second kappa shape index (κ2) is 35.8. The van der Waals surface area contributed by atoms with Gasteiger partial charge in [-0.3, -0.25) is 13.9 Å². The van der Waals surface area contributed by atoms with Crippen molar-refractivity contribution < 1.29 is 27.4 Å². The summed E-state index contributed by atoms with van der Waals surface area (Å²) in [4.78, 5) is 43.4. The Hall–Kier alpha value is -3.95. The molecule has 7 N–H and O–H groups in total. The molecule has 0 radical (unpaired) electrons. The van der Waals surface area contributed by atoms with Crippen molar-refractivity contribution >= 4 is 103 Å². The van der Waals surface area contributed by atoms with E-state index in [0.29, 0.717) is 23.3 Å². The van der Waals surface area contributed by atoms with Gasteiger partial charge in [-0.2, -0.15) is 8.42 Å². The number of hydrogen-bond donors (Lipinski definition) is 5. The first-order valence-electron chi connectivity index (χ1n) is 25.7. The summed E-state index contributed by atoms with van der Waals surface area (Å²) in [5.41, 5.74) is 17.3. The largest absolute Gasteiger partial charge is 0.394 e. The van der Waals surface area contributed by atoms with Crippen molar-refractivity contribution in [2.75, 3.05) is 112 Å². The number of carbonyl (C=O) groups excluding carboxylic acids is 1. The van der Waals surface area contributed by atoms with Gasteiger partial charge in [0.05, 0.1) is 17.1 Å². The first-order chi connectivity index (χ1) is 36.9. The summed E-state index contributed by atoms with van der Waals surface area (Å²) in [5.74, 6) is 2.27. The van der Waals surface area contributed by atoms with Crippen molar-refractivity contribution in [3.05, 3.63) is 144 Å². The Bertz CT molecular complexity index is 2690. The van der Waals surface area contributed by atoms with Crippen LogP contribution in [0.25, 0.3) is 11.1 Å². The van der Waals surface area contributed by atoms with Crippen molar-refractivity contribution in [1.29, 1.82) is 0 Å². The maximum absolute atomic E-state index is 10.6. The van der Waals surface area contributed by atoms with Gasteiger partial charge in [0.1, 0.15) is 41.4 Å². The Morgan fingerprint density at radius 2 is 0.911 bits per heavy atom. The molecule has 5 aliphatic heterocycles. The Labute approximate surface area is 502 Å². The average molecular weight is 1370 g/mol. The molecule has 434 valence electrons. The third-order valence-electron chi connectivity index (χ3n) is 13.1. The number of piperidine rings is 3. The summed E-state index contributed by atoms with van der Waals surface area (Å²) in [5, 5.41) is 10.5. The Kier molecular flexibility index (Phi) is 31.4. The van der Waals surface area contributed by atoms with E-state index >= 15 is 0 Å². The number of nitrogens with two attached hydrogens (primary N) is 2. The Morgan fingerprint density at radius 1 is 0.519 bits per heavy atom. The van der Waals surface area contributed by atoms with E-state index in [1.807, 2.05) is 85.9 Å². The maximum atomic E-state index is 10.6. The Morgan fingerprint density at radius 3 is 1.33 bits per heavy atom. The first-order valence-corrected chi connectivity index (χ1v) is 30.3. The highest BCUT2D eigenvalue weighted by molar-refractivity contribution is 9.11. The monoisotopic (exact) mass is 1360 g/mol. The van der Waals surface area contributed by atoms with Crippen LogP contribution in [0.4, 0.5) is 11.6 Å². The molecule has 0 aliphatic carbocycles. The number of nitrogens with zero attached hydrogens (tertiary/aromatic N) is 10. The minimum absolute atomic E-state index is 0. The molecule has 0 amide bonds. The lowest BCUT2D eigenvalue weighted by Crippen LogP contribution is -2.41. The lowest BCUT2D eigenvalue weighted by Gasteiger charge is -2.36. The van der Waals surface area contributed by atoms with E-state index in [2.05, 4.69) is 166 Å². The van der Waals surface area contributed by atoms with E-state index in [1.54, 1.807) is 0 Å². The van der Waals surface area contributed by atoms with Crippen LogP contribution in [0, 0.1) is 0 Å². The zero-order chi connectivity index (χ0) is 57.3. The van der Waals surface area contributed by atoms with E-state index in [1.165, 1.54) is 37.1 Å². The molecular formula is C56H80Br4N12O6S. The minimum atomic E-state index is -4.67. The van der Waals surface area contributed by atoms with Gasteiger partial charge in [0, 0.05) is 76.8 Å². The lowest BCUT2D eigenvalue weighted by atomic mass is 9.88. The lowest BCUT2D eigenvalue weighted by molar-refractivity contribution is -0.121. The highest BCUT2D eigenvalue weighted by Gasteiger charge is 2.34. The third-order valence-corrected chi connectivity index (χ3v) is 14.9. The van der Waals surface area contributed by atoms with Gasteiger partial charge in [0.25, 0.3) is 0 Å². The number of nitrogen functional groups attached to an aromatic ring is 2. The molecular weight excluding hydrogens is 1290 g/mol. The van der Waals surface area contributed by atoms with Crippen LogP contribution in [0.2, 0.25) is 0 Å². The number of halogens is 4. The van der Waals surface area contributed by atoms with Gasteiger partial charge in [-0.25, -0.2) is 24.9 Å². The highest BCUT2D eigenvalue weighted by atomic mass is 79.9. The summed E-state index contributed by atoms with van der Waals surface area (Å²) >= 11 is 13.2. The number of likely N-dealkylation sites (N-methyl/N-ethyl adjacent to an activating group) is 2. The number of aliphatic hydroxyl groups is 1. The van der Waals surface area contributed by atoms with Crippen LogP contribution in [0.3, 0.4) is 0 Å². The molecule has 18 nitrogen and oxygen atoms in total. The number of ketones is 1. The summed E-state index contributed by atoms with van der Waals surface area (Å²) in [6.45, 7) is 10.4. The molecule has 5 aromatic heterocycles. The van der Waals surface area contributed by atoms with Gasteiger partial charge in [0.15, 0.2) is 0 Å². The third kappa shape index (κ3) is 28.5. The minimum Gasteiger partial charge on any atom is -0.384 e. The van der Waals surface area contributed by atoms with Crippen molar-refractivity contribution in [3.8, 4) is 0 Å². The maximum Gasteiger partial charge on any atom is 0.394 e. The van der Waals surface area contributed by atoms with Crippen LogP contribution >= 0.6 is 63.7 Å². The average Bonchev–Trinajstić information content (AvgIpc) is 3.40. The zero-order valence-electron chi connectivity index (χ0n) is 45.2. The molecule has 5 aliphatic rings. The van der Waals surface area contributed by atoms with Gasteiger partial charge >= 0.3 is 10.4 Å². The SMILES string of the molecule is Brc1cccc(Br)n1.C.CN1CC=C(c2cccc(Br)n2)CC1.CN1CC=C(c2cccc(N)n2)CC1.CN1CCC(=O)CC1.CN1CCC(O)(c2cccc(Br)n2)CC1.CN1CCC(c2cccc(N)n2)CC1.O=S(=O)(O)O. The van der Waals surface area contributed by atoms with E-state index in [9.17, 15) is 9.90 Å². The van der Waals surface area contributed by atoms with Gasteiger partial charge < -0.3 is 41.1 Å². The number of aromatic nitrogens is 5. The molecule has 3 fully saturated rings. The summed E-state index contributed by atoms with van der Waals surface area (Å²) < 4.78 is 35.0. The topological polar surface area (TPSA) is 245 Å². The predicted molar refractivity (Wildman–Crippen MR) is 334 cm³/mol. The van der Waals surface area contributed by atoms with Crippen molar-refractivity contribution in [2.24, 2.45) is 0 Å². The second-order valence-electron chi connectivity index (χ2n) is 19.6. The fourth-order valence-electron chi connectivity index (χ4n) is 8.39. The van der Waals surface area contributed by atoms with E-state index in [0.717, 1.165) is 132 Å². The van der Waals surface area contributed by atoms with Crippen LogP contribution in [-0.4, -0.2) is 179 Å². The van der Waals surface area contributed by atoms with Crippen LogP contribution in [-0.2, 0) is 20.8 Å². The van der Waals surface area contributed by atoms with Crippen molar-refractivity contribution in [1.82, 2.24) is 49.4 Å². The normalized spacial score (nSPS) is 18.1. The number of pyridine rings is 5. The highest BCUT2D eigenvalue weighted by Crippen LogP contribution is 2.32. The Balaban J connectivity index is 0.000000247. The molecule has 10 heterocycles. The first kappa shape index (κ1) is 69.3. The second-order valence-corrected chi connectivity index (χ2v) is 23.7. The smallest absolute Gasteiger partial charge is 0.384 e. The summed E-state index contributed by atoms with van der Waals surface area (Å²) in [7, 11) is 5.89. The van der Waals surface area contributed by atoms with Crippen LogP contribution in [0.5, 0.6) is 0 Å². The molecule has 79 heavy (non-hydrogen) atoms. The van der Waals surface area contributed by atoms with Gasteiger partial charge in [-0.05, 0) is 222 Å². The molecule has 5 aromatic rings. The number of carbonyl (C=O) groups is 1. The van der Waals surface area contributed by atoms with Crippen LogP contribution < -0.4 is 11.5 Å². The summed E-state index contributed by atoms with van der Waals surface area (Å²) in [6.07, 6.45) is 12.1. The molecule has 0 bridgehead atoms. The number of Topliss-reactive ketones (excluding diaryl/α,β-unsaturated/α-hetero) is 1. The molecule has 0 atom stereocenters. The predicted octanol–water partition coefficient (Wildman–Crippen LogP) is 10.0. The van der Waals surface area contributed by atoms with E-state index in [4.69, 9.17) is 29.0 Å². The zero-order valence-corrected chi connectivity index (χ0v) is 52.4.